The summed E-state index contributed by atoms with van der Waals surface area (Å²) in [5.74, 6) is -0.994. The number of anilines is 1. The molecular weight excluding hydrogens is 506 g/mol. The molecule has 0 saturated carbocycles. The lowest BCUT2D eigenvalue weighted by molar-refractivity contribution is -0.143. The van der Waals surface area contributed by atoms with Crippen LogP contribution in [0.3, 0.4) is 0 Å². The molecular formula is C24H20F6N4OS. The van der Waals surface area contributed by atoms with Gasteiger partial charge in [-0.25, -0.2) is 9.97 Å². The molecule has 0 N–H and O–H groups in total. The number of amides is 1. The lowest BCUT2D eigenvalue weighted by Crippen LogP contribution is -2.33. The second-order valence-electron chi connectivity index (χ2n) is 8.28. The van der Waals surface area contributed by atoms with Crippen molar-refractivity contribution in [2.75, 3.05) is 11.4 Å². The minimum atomic E-state index is -5.06. The van der Waals surface area contributed by atoms with Crippen LogP contribution >= 0.6 is 11.3 Å². The molecule has 0 aliphatic heterocycles. The van der Waals surface area contributed by atoms with Crippen LogP contribution < -0.4 is 4.90 Å². The molecule has 0 aliphatic rings. The van der Waals surface area contributed by atoms with E-state index >= 15 is 0 Å². The molecule has 190 valence electrons. The number of carbonyl (C=O) groups is 1. The number of hydrogen-bond acceptors (Lipinski definition) is 4. The van der Waals surface area contributed by atoms with Gasteiger partial charge in [0.05, 0.1) is 27.7 Å². The normalized spacial score (nSPS) is 12.3. The highest BCUT2D eigenvalue weighted by molar-refractivity contribution is 7.22. The maximum absolute atomic E-state index is 13.5. The summed E-state index contributed by atoms with van der Waals surface area (Å²) in [5.41, 5.74) is -1.45. The number of halogens is 6. The van der Waals surface area contributed by atoms with Crippen LogP contribution in [0.4, 0.5) is 31.5 Å². The number of thiazole rings is 1. The molecule has 2 aromatic carbocycles. The smallest absolute Gasteiger partial charge is 0.337 e. The van der Waals surface area contributed by atoms with Crippen molar-refractivity contribution in [3.63, 3.8) is 0 Å². The zero-order valence-electron chi connectivity index (χ0n) is 19.1. The van der Waals surface area contributed by atoms with Gasteiger partial charge >= 0.3 is 12.4 Å². The Morgan fingerprint density at radius 3 is 2.19 bits per heavy atom. The molecule has 0 bridgehead atoms. The summed E-state index contributed by atoms with van der Waals surface area (Å²) in [7, 11) is 0. The number of aromatic nitrogens is 3. The molecule has 0 fully saturated rings. The number of alkyl halides is 6. The number of aryl methyl sites for hydroxylation is 3. The number of carbonyl (C=O) groups excluding carboxylic acids is 1. The third kappa shape index (κ3) is 5.38. The molecule has 0 atom stereocenters. The van der Waals surface area contributed by atoms with Gasteiger partial charge in [-0.15, -0.1) is 0 Å². The van der Waals surface area contributed by atoms with Crippen molar-refractivity contribution < 1.29 is 31.1 Å². The maximum atomic E-state index is 13.5. The van der Waals surface area contributed by atoms with Crippen molar-refractivity contribution in [2.45, 2.75) is 39.2 Å². The van der Waals surface area contributed by atoms with Crippen LogP contribution in [-0.4, -0.2) is 27.0 Å². The van der Waals surface area contributed by atoms with E-state index in [1.165, 1.54) is 11.3 Å². The highest BCUT2D eigenvalue weighted by Gasteiger charge is 2.38. The summed E-state index contributed by atoms with van der Waals surface area (Å²) in [4.78, 5) is 23.1. The van der Waals surface area contributed by atoms with E-state index in [1.54, 1.807) is 23.3 Å². The third-order valence-corrected chi connectivity index (χ3v) is 6.81. The summed E-state index contributed by atoms with van der Waals surface area (Å²) in [5, 5.41) is 0.198. The summed E-state index contributed by atoms with van der Waals surface area (Å²) in [6, 6.07) is 4.64. The minimum absolute atomic E-state index is 0.00454. The first-order chi connectivity index (χ1) is 16.8. The molecule has 0 unspecified atom stereocenters. The Balaban J connectivity index is 1.78. The van der Waals surface area contributed by atoms with Gasteiger partial charge in [0.25, 0.3) is 5.91 Å². The molecule has 2 aromatic heterocycles. The van der Waals surface area contributed by atoms with Gasteiger partial charge in [-0.3, -0.25) is 9.69 Å². The predicted molar refractivity (Wildman–Crippen MR) is 124 cm³/mol. The molecule has 1 amide bonds. The van der Waals surface area contributed by atoms with E-state index in [1.807, 2.05) is 26.0 Å². The first-order valence-electron chi connectivity index (χ1n) is 10.8. The van der Waals surface area contributed by atoms with Gasteiger partial charge in [-0.2, -0.15) is 26.3 Å². The number of fused-ring (bicyclic) bond motifs is 1. The topological polar surface area (TPSA) is 51.0 Å². The molecule has 5 nitrogen and oxygen atoms in total. The van der Waals surface area contributed by atoms with E-state index in [0.717, 1.165) is 20.7 Å². The summed E-state index contributed by atoms with van der Waals surface area (Å²) < 4.78 is 82.9. The van der Waals surface area contributed by atoms with Gasteiger partial charge in [0.1, 0.15) is 0 Å². The Labute approximate surface area is 206 Å². The van der Waals surface area contributed by atoms with Crippen molar-refractivity contribution in [1.29, 1.82) is 0 Å². The summed E-state index contributed by atoms with van der Waals surface area (Å²) >= 11 is 1.17. The van der Waals surface area contributed by atoms with Crippen molar-refractivity contribution in [3.05, 3.63) is 76.9 Å². The van der Waals surface area contributed by atoms with Crippen LogP contribution in [-0.2, 0) is 18.9 Å². The molecule has 0 saturated heterocycles. The zero-order chi connectivity index (χ0) is 26.3. The van der Waals surface area contributed by atoms with Gasteiger partial charge in [0.2, 0.25) is 0 Å². The predicted octanol–water partition coefficient (Wildman–Crippen LogP) is 6.88. The Morgan fingerprint density at radius 1 is 1.00 bits per heavy atom. The fraction of sp³-hybridized carbons (Fsp3) is 0.292. The highest BCUT2D eigenvalue weighted by Crippen LogP contribution is 2.38. The molecule has 2 heterocycles. The minimum Gasteiger partial charge on any atom is -0.337 e. The largest absolute Gasteiger partial charge is 0.416 e. The summed E-state index contributed by atoms with van der Waals surface area (Å²) in [6.45, 7) is 4.14. The molecule has 0 aliphatic carbocycles. The Hall–Kier alpha value is -3.41. The molecule has 4 aromatic rings. The van der Waals surface area contributed by atoms with Gasteiger partial charge < -0.3 is 4.57 Å². The first kappa shape index (κ1) is 25.7. The lowest BCUT2D eigenvalue weighted by Gasteiger charge is -2.21. The van der Waals surface area contributed by atoms with Crippen LogP contribution in [0.25, 0.3) is 10.2 Å². The van der Waals surface area contributed by atoms with Crippen LogP contribution in [0.15, 0.2) is 49.1 Å². The van der Waals surface area contributed by atoms with E-state index < -0.39 is 35.0 Å². The molecule has 0 radical (unpaired) electrons. The highest BCUT2D eigenvalue weighted by atomic mass is 32.1. The van der Waals surface area contributed by atoms with Crippen molar-refractivity contribution in [2.24, 2.45) is 0 Å². The fourth-order valence-electron chi connectivity index (χ4n) is 3.71. The lowest BCUT2D eigenvalue weighted by atomic mass is 10.0. The monoisotopic (exact) mass is 526 g/mol. The standard InChI is InChI=1S/C24H20F6N4OS/c1-14-4-5-15(2)20-19(14)32-22(36-20)34(8-3-7-33-9-6-31-13-33)21(35)16-10-17(23(25,26)27)12-18(11-16)24(28,29)30/h4-6,9-13H,3,7-8H2,1-2H3. The number of benzene rings is 2. The quantitative estimate of drug-likeness (QED) is 0.257. The molecule has 4 rings (SSSR count). The third-order valence-electron chi connectivity index (χ3n) is 5.60. The zero-order valence-corrected chi connectivity index (χ0v) is 19.9. The average Bonchev–Trinajstić information content (AvgIpc) is 3.48. The van der Waals surface area contributed by atoms with Crippen LogP contribution in [0.1, 0.15) is 39.0 Å². The van der Waals surface area contributed by atoms with Gasteiger partial charge in [0.15, 0.2) is 5.13 Å². The number of nitrogens with zero attached hydrogens (tertiary/aromatic N) is 4. The van der Waals surface area contributed by atoms with Gasteiger partial charge in [0, 0.05) is 31.0 Å². The number of imidazole rings is 1. The summed E-state index contributed by atoms with van der Waals surface area (Å²) in [6.07, 6.45) is -4.92. The Morgan fingerprint density at radius 2 is 1.64 bits per heavy atom. The van der Waals surface area contributed by atoms with E-state index in [-0.39, 0.29) is 17.7 Å². The molecule has 0 spiro atoms. The number of hydrogen-bond donors (Lipinski definition) is 0. The maximum Gasteiger partial charge on any atom is 0.416 e. The van der Waals surface area contributed by atoms with E-state index in [0.29, 0.717) is 30.6 Å². The molecule has 12 heteroatoms. The second kappa shape index (κ2) is 9.57. The fourth-order valence-corrected chi connectivity index (χ4v) is 4.85. The Bertz CT molecular complexity index is 1320. The second-order valence-corrected chi connectivity index (χ2v) is 9.26. The van der Waals surface area contributed by atoms with Crippen LogP contribution in [0.5, 0.6) is 0 Å². The van der Waals surface area contributed by atoms with E-state index in [9.17, 15) is 31.1 Å². The van der Waals surface area contributed by atoms with Crippen molar-refractivity contribution >= 4 is 32.6 Å². The van der Waals surface area contributed by atoms with E-state index in [4.69, 9.17) is 0 Å². The van der Waals surface area contributed by atoms with Crippen molar-refractivity contribution in [1.82, 2.24) is 14.5 Å². The van der Waals surface area contributed by atoms with Gasteiger partial charge in [-0.1, -0.05) is 23.5 Å². The van der Waals surface area contributed by atoms with Crippen LogP contribution in [0.2, 0.25) is 0 Å². The Kier molecular flexibility index (Phi) is 6.82. The van der Waals surface area contributed by atoms with Gasteiger partial charge in [-0.05, 0) is 49.6 Å². The average molecular weight is 527 g/mol. The first-order valence-corrected chi connectivity index (χ1v) is 11.6. The molecule has 36 heavy (non-hydrogen) atoms. The van der Waals surface area contributed by atoms with E-state index in [2.05, 4.69) is 9.97 Å². The van der Waals surface area contributed by atoms with Crippen molar-refractivity contribution in [3.8, 4) is 0 Å². The van der Waals surface area contributed by atoms with Crippen LogP contribution in [0, 0.1) is 13.8 Å². The number of rotatable bonds is 6. The SMILES string of the molecule is Cc1ccc(C)c2sc(N(CCCn3ccnc3)C(=O)c3cc(C(F)(F)F)cc(C(F)(F)F)c3)nc12.